The van der Waals surface area contributed by atoms with E-state index in [4.69, 9.17) is 0 Å². The SMILES string of the molecule is O=C1CC(c2ccc(-c3ccc(C4(O)CCNCC4)cc3)cc2)CN1. The lowest BCUT2D eigenvalue weighted by atomic mass is 9.84. The van der Waals surface area contributed by atoms with Gasteiger partial charge in [-0.2, -0.15) is 0 Å². The highest BCUT2D eigenvalue weighted by molar-refractivity contribution is 5.79. The fraction of sp³-hybridized carbons (Fsp3) is 0.381. The van der Waals surface area contributed by atoms with Crippen LogP contribution in [0.3, 0.4) is 0 Å². The van der Waals surface area contributed by atoms with E-state index in [0.29, 0.717) is 6.42 Å². The van der Waals surface area contributed by atoms with Gasteiger partial charge in [-0.25, -0.2) is 0 Å². The molecule has 1 atom stereocenters. The predicted molar refractivity (Wildman–Crippen MR) is 98.2 cm³/mol. The van der Waals surface area contributed by atoms with Crippen molar-refractivity contribution in [3.05, 3.63) is 59.7 Å². The summed E-state index contributed by atoms with van der Waals surface area (Å²) in [7, 11) is 0. The summed E-state index contributed by atoms with van der Waals surface area (Å²) in [5.74, 6) is 0.429. The first-order chi connectivity index (χ1) is 12.1. The maximum Gasteiger partial charge on any atom is 0.220 e. The van der Waals surface area contributed by atoms with E-state index in [9.17, 15) is 9.90 Å². The van der Waals surface area contributed by atoms with E-state index in [1.165, 1.54) is 5.56 Å². The van der Waals surface area contributed by atoms with Crippen LogP contribution < -0.4 is 10.6 Å². The third kappa shape index (κ3) is 3.32. The fourth-order valence-electron chi connectivity index (χ4n) is 3.89. The van der Waals surface area contributed by atoms with Crippen LogP contribution in [0, 0.1) is 0 Å². The molecule has 2 heterocycles. The van der Waals surface area contributed by atoms with Crippen LogP contribution in [0.1, 0.15) is 36.3 Å². The first kappa shape index (κ1) is 16.3. The van der Waals surface area contributed by atoms with Gasteiger partial charge in [-0.3, -0.25) is 4.79 Å². The van der Waals surface area contributed by atoms with Gasteiger partial charge in [0.05, 0.1) is 5.60 Å². The Labute approximate surface area is 148 Å². The molecule has 2 aromatic carbocycles. The van der Waals surface area contributed by atoms with Gasteiger partial charge in [0.2, 0.25) is 5.91 Å². The van der Waals surface area contributed by atoms with Crippen molar-refractivity contribution in [2.24, 2.45) is 0 Å². The molecule has 3 N–H and O–H groups in total. The number of hydrogen-bond acceptors (Lipinski definition) is 3. The van der Waals surface area contributed by atoms with Crippen molar-refractivity contribution >= 4 is 5.91 Å². The minimum Gasteiger partial charge on any atom is -0.385 e. The Bertz CT molecular complexity index is 746. The zero-order chi connectivity index (χ0) is 17.3. The minimum atomic E-state index is -0.699. The molecule has 0 aliphatic carbocycles. The van der Waals surface area contributed by atoms with Crippen molar-refractivity contribution in [1.29, 1.82) is 0 Å². The predicted octanol–water partition coefficient (Wildman–Crippen LogP) is 2.53. The van der Waals surface area contributed by atoms with Crippen LogP contribution in [-0.2, 0) is 10.4 Å². The number of aliphatic hydroxyl groups is 1. The minimum absolute atomic E-state index is 0.139. The summed E-state index contributed by atoms with van der Waals surface area (Å²) >= 11 is 0. The van der Waals surface area contributed by atoms with Gasteiger partial charge in [-0.1, -0.05) is 48.5 Å². The lowest BCUT2D eigenvalue weighted by molar-refractivity contribution is -0.119. The Hall–Kier alpha value is -2.17. The van der Waals surface area contributed by atoms with Gasteiger partial charge < -0.3 is 15.7 Å². The number of rotatable bonds is 3. The average Bonchev–Trinajstić information content (AvgIpc) is 3.09. The lowest BCUT2D eigenvalue weighted by Gasteiger charge is -2.33. The largest absolute Gasteiger partial charge is 0.385 e. The van der Waals surface area contributed by atoms with Crippen LogP contribution in [0.15, 0.2) is 48.5 Å². The van der Waals surface area contributed by atoms with Crippen molar-refractivity contribution in [1.82, 2.24) is 10.6 Å². The summed E-state index contributed by atoms with van der Waals surface area (Å²) in [5.41, 5.74) is 3.82. The quantitative estimate of drug-likeness (QED) is 0.807. The van der Waals surface area contributed by atoms with Gasteiger partial charge >= 0.3 is 0 Å². The standard InChI is InChI=1S/C21H24N2O2/c24-20-13-18(14-23-20)17-3-1-15(2-4-17)16-5-7-19(8-6-16)21(25)9-11-22-12-10-21/h1-8,18,22,25H,9-14H2,(H,23,24). The van der Waals surface area contributed by atoms with Crippen LogP contribution in [-0.4, -0.2) is 30.6 Å². The number of carbonyl (C=O) groups is 1. The Morgan fingerprint density at radius 3 is 2.08 bits per heavy atom. The van der Waals surface area contributed by atoms with E-state index in [0.717, 1.165) is 49.2 Å². The zero-order valence-electron chi connectivity index (χ0n) is 14.3. The Morgan fingerprint density at radius 1 is 0.920 bits per heavy atom. The Kier molecular flexibility index (Phi) is 4.32. The van der Waals surface area contributed by atoms with E-state index in [1.807, 2.05) is 12.1 Å². The molecule has 0 radical (unpaired) electrons. The molecule has 0 spiro atoms. The third-order valence-corrected chi connectivity index (χ3v) is 5.55. The number of nitrogens with one attached hydrogen (secondary N) is 2. The number of piperidine rings is 1. The van der Waals surface area contributed by atoms with Gasteiger partial charge in [0.25, 0.3) is 0 Å². The summed E-state index contributed by atoms with van der Waals surface area (Å²) in [5, 5.41) is 17.0. The van der Waals surface area contributed by atoms with Crippen LogP contribution in [0.4, 0.5) is 0 Å². The van der Waals surface area contributed by atoms with E-state index in [2.05, 4.69) is 47.0 Å². The van der Waals surface area contributed by atoms with Crippen LogP contribution >= 0.6 is 0 Å². The smallest absolute Gasteiger partial charge is 0.220 e. The van der Waals surface area contributed by atoms with E-state index >= 15 is 0 Å². The first-order valence-electron chi connectivity index (χ1n) is 9.05. The third-order valence-electron chi connectivity index (χ3n) is 5.55. The van der Waals surface area contributed by atoms with Gasteiger partial charge in [0, 0.05) is 18.9 Å². The van der Waals surface area contributed by atoms with Crippen molar-refractivity contribution in [2.75, 3.05) is 19.6 Å². The first-order valence-corrected chi connectivity index (χ1v) is 9.05. The molecule has 0 saturated carbocycles. The van der Waals surface area contributed by atoms with Crippen molar-refractivity contribution < 1.29 is 9.90 Å². The normalized spacial score (nSPS) is 22.6. The molecule has 1 unspecified atom stereocenters. The Balaban J connectivity index is 1.51. The molecule has 130 valence electrons. The molecule has 0 aromatic heterocycles. The summed E-state index contributed by atoms with van der Waals surface area (Å²) in [6, 6.07) is 16.8. The van der Waals surface area contributed by atoms with Crippen LogP contribution in [0.2, 0.25) is 0 Å². The molecule has 2 fully saturated rings. The zero-order valence-corrected chi connectivity index (χ0v) is 14.3. The molecular formula is C21H24N2O2. The van der Waals surface area contributed by atoms with Crippen molar-refractivity contribution in [3.8, 4) is 11.1 Å². The molecule has 4 rings (SSSR count). The number of carbonyl (C=O) groups excluding carboxylic acids is 1. The second-order valence-electron chi connectivity index (χ2n) is 7.19. The number of hydrogen-bond donors (Lipinski definition) is 3. The molecule has 2 aliphatic rings. The van der Waals surface area contributed by atoms with Crippen LogP contribution in [0.5, 0.6) is 0 Å². The van der Waals surface area contributed by atoms with Gasteiger partial charge in [0.15, 0.2) is 0 Å². The van der Waals surface area contributed by atoms with Gasteiger partial charge in [-0.05, 0) is 48.2 Å². The van der Waals surface area contributed by atoms with Gasteiger partial charge in [-0.15, -0.1) is 0 Å². The van der Waals surface area contributed by atoms with Crippen molar-refractivity contribution in [3.63, 3.8) is 0 Å². The Morgan fingerprint density at radius 2 is 1.52 bits per heavy atom. The molecule has 4 heteroatoms. The lowest BCUT2D eigenvalue weighted by Crippen LogP contribution is -2.39. The second-order valence-corrected chi connectivity index (χ2v) is 7.19. The molecule has 2 saturated heterocycles. The second kappa shape index (κ2) is 6.62. The number of amides is 1. The van der Waals surface area contributed by atoms with E-state index in [-0.39, 0.29) is 11.8 Å². The molecule has 0 bridgehead atoms. The molecule has 1 amide bonds. The summed E-state index contributed by atoms with van der Waals surface area (Å²) in [6.45, 7) is 2.46. The van der Waals surface area contributed by atoms with E-state index < -0.39 is 5.60 Å². The summed E-state index contributed by atoms with van der Waals surface area (Å²) in [6.07, 6.45) is 2.10. The monoisotopic (exact) mass is 336 g/mol. The van der Waals surface area contributed by atoms with Gasteiger partial charge in [0.1, 0.15) is 0 Å². The molecule has 2 aromatic rings. The fourth-order valence-corrected chi connectivity index (χ4v) is 3.89. The average molecular weight is 336 g/mol. The summed E-state index contributed by atoms with van der Waals surface area (Å²) < 4.78 is 0. The molecule has 4 nitrogen and oxygen atoms in total. The maximum atomic E-state index is 11.4. The highest BCUT2D eigenvalue weighted by atomic mass is 16.3. The molecule has 2 aliphatic heterocycles. The summed E-state index contributed by atoms with van der Waals surface area (Å²) in [4.78, 5) is 11.4. The van der Waals surface area contributed by atoms with Crippen molar-refractivity contribution in [2.45, 2.75) is 30.8 Å². The molecule has 25 heavy (non-hydrogen) atoms. The maximum absolute atomic E-state index is 11.4. The van der Waals surface area contributed by atoms with E-state index in [1.54, 1.807) is 0 Å². The molecular weight excluding hydrogens is 312 g/mol. The topological polar surface area (TPSA) is 61.4 Å². The highest BCUT2D eigenvalue weighted by Crippen LogP contribution is 2.32. The number of benzene rings is 2. The van der Waals surface area contributed by atoms with Crippen LogP contribution in [0.25, 0.3) is 11.1 Å². The highest BCUT2D eigenvalue weighted by Gasteiger charge is 2.30.